The van der Waals surface area contributed by atoms with E-state index in [4.69, 9.17) is 0 Å². The van der Waals surface area contributed by atoms with Gasteiger partial charge in [0.25, 0.3) is 0 Å². The molecule has 0 bridgehead atoms. The van der Waals surface area contributed by atoms with Crippen LogP contribution in [0.15, 0.2) is 0 Å². The van der Waals surface area contributed by atoms with Crippen LogP contribution in [0.1, 0.15) is 40.5 Å². The van der Waals surface area contributed by atoms with Gasteiger partial charge in [-0.3, -0.25) is 4.90 Å². The molecule has 0 aromatic carbocycles. The van der Waals surface area contributed by atoms with E-state index in [9.17, 15) is 0 Å². The van der Waals surface area contributed by atoms with Gasteiger partial charge in [0.2, 0.25) is 0 Å². The lowest BCUT2D eigenvalue weighted by molar-refractivity contribution is 0.161. The Morgan fingerprint density at radius 2 is 2.12 bits per heavy atom. The Balaban J connectivity index is 2.64. The average molecular weight is 258 g/mol. The second kappa shape index (κ2) is 7.01. The number of rotatable bonds is 4. The van der Waals surface area contributed by atoms with Gasteiger partial charge in [0, 0.05) is 24.4 Å². The molecule has 17 heavy (non-hydrogen) atoms. The summed E-state index contributed by atoms with van der Waals surface area (Å²) in [7, 11) is 0. The van der Waals surface area contributed by atoms with Gasteiger partial charge in [-0.05, 0) is 37.6 Å². The summed E-state index contributed by atoms with van der Waals surface area (Å²) in [6.45, 7) is 13.0. The molecule has 1 heterocycles. The fourth-order valence-corrected chi connectivity index (χ4v) is 3.37. The molecule has 0 aromatic rings. The number of thioether (sulfide) groups is 1. The monoisotopic (exact) mass is 258 g/mol. The third kappa shape index (κ3) is 4.80. The van der Waals surface area contributed by atoms with E-state index in [1.165, 1.54) is 38.2 Å². The fraction of sp³-hybridized carbons (Fsp3) is 1.00. The van der Waals surface area contributed by atoms with Crippen LogP contribution in [0.2, 0.25) is 0 Å². The summed E-state index contributed by atoms with van der Waals surface area (Å²) in [6.07, 6.45) is 4.79. The van der Waals surface area contributed by atoms with E-state index in [0.29, 0.717) is 11.5 Å². The number of nitrogens with one attached hydrogen (secondary N) is 1. The van der Waals surface area contributed by atoms with Crippen molar-refractivity contribution in [3.05, 3.63) is 0 Å². The molecule has 0 saturated carbocycles. The minimum atomic E-state index is 0.361. The molecule has 0 amide bonds. The van der Waals surface area contributed by atoms with E-state index in [-0.39, 0.29) is 0 Å². The first-order chi connectivity index (χ1) is 7.99. The van der Waals surface area contributed by atoms with Gasteiger partial charge < -0.3 is 5.32 Å². The van der Waals surface area contributed by atoms with Crippen LogP contribution in [0.5, 0.6) is 0 Å². The molecule has 1 aliphatic heterocycles. The van der Waals surface area contributed by atoms with E-state index >= 15 is 0 Å². The van der Waals surface area contributed by atoms with E-state index in [1.807, 2.05) is 11.8 Å². The molecule has 2 unspecified atom stereocenters. The highest BCUT2D eigenvalue weighted by molar-refractivity contribution is 7.98. The number of hydrogen-bond donors (Lipinski definition) is 1. The smallest absolute Gasteiger partial charge is 0.0243 e. The first-order valence-electron chi connectivity index (χ1n) is 6.95. The quantitative estimate of drug-likeness (QED) is 0.835. The topological polar surface area (TPSA) is 15.3 Å². The summed E-state index contributed by atoms with van der Waals surface area (Å²) >= 11 is 1.98. The second-order valence-corrected chi connectivity index (χ2v) is 7.15. The van der Waals surface area contributed by atoms with Crippen LogP contribution in [0.25, 0.3) is 0 Å². The molecule has 1 rings (SSSR count). The summed E-state index contributed by atoms with van der Waals surface area (Å²) in [4.78, 5) is 2.71. The van der Waals surface area contributed by atoms with Crippen LogP contribution in [0.4, 0.5) is 0 Å². The molecule has 1 N–H and O–H groups in total. The van der Waals surface area contributed by atoms with Crippen LogP contribution in [0, 0.1) is 5.41 Å². The molecule has 0 radical (unpaired) electrons. The van der Waals surface area contributed by atoms with E-state index < -0.39 is 0 Å². The van der Waals surface area contributed by atoms with Gasteiger partial charge in [-0.2, -0.15) is 11.8 Å². The van der Waals surface area contributed by atoms with Gasteiger partial charge in [0.05, 0.1) is 0 Å². The summed E-state index contributed by atoms with van der Waals surface area (Å²) in [5.74, 6) is 1.27. The lowest BCUT2D eigenvalue weighted by Crippen LogP contribution is -2.49. The third-order valence-corrected chi connectivity index (χ3v) is 4.54. The average Bonchev–Trinajstić information content (AvgIpc) is 2.50. The standard InChI is InChI=1S/C14H30N2S/c1-6-12(11-17-5)16-9-7-8-15-13(10-16)14(2,3)4/h12-13,15H,6-11H2,1-5H3. The summed E-state index contributed by atoms with van der Waals surface area (Å²) in [5, 5.41) is 3.72. The van der Waals surface area contributed by atoms with Gasteiger partial charge >= 0.3 is 0 Å². The zero-order valence-electron chi connectivity index (χ0n) is 12.3. The Kier molecular flexibility index (Phi) is 6.32. The maximum atomic E-state index is 3.72. The Bertz CT molecular complexity index is 213. The van der Waals surface area contributed by atoms with Crippen molar-refractivity contribution in [1.82, 2.24) is 10.2 Å². The van der Waals surface area contributed by atoms with Crippen LogP contribution in [-0.2, 0) is 0 Å². The predicted molar refractivity (Wildman–Crippen MR) is 79.9 cm³/mol. The molecule has 2 atom stereocenters. The molecule has 1 saturated heterocycles. The van der Waals surface area contributed by atoms with Crippen molar-refractivity contribution in [3.8, 4) is 0 Å². The molecule has 0 spiro atoms. The van der Waals surface area contributed by atoms with Crippen LogP contribution in [0.3, 0.4) is 0 Å². The summed E-state index contributed by atoms with van der Waals surface area (Å²) < 4.78 is 0. The van der Waals surface area contributed by atoms with Crippen LogP contribution in [-0.4, -0.2) is 48.6 Å². The molecule has 2 nitrogen and oxygen atoms in total. The van der Waals surface area contributed by atoms with Crippen molar-refractivity contribution in [3.63, 3.8) is 0 Å². The number of nitrogens with zero attached hydrogens (tertiary/aromatic N) is 1. The van der Waals surface area contributed by atoms with Gasteiger partial charge in [-0.15, -0.1) is 0 Å². The molecule has 0 aromatic heterocycles. The van der Waals surface area contributed by atoms with Crippen molar-refractivity contribution in [2.24, 2.45) is 5.41 Å². The van der Waals surface area contributed by atoms with E-state index in [2.05, 4.69) is 44.2 Å². The highest BCUT2D eigenvalue weighted by Gasteiger charge is 2.30. The minimum Gasteiger partial charge on any atom is -0.312 e. The first-order valence-corrected chi connectivity index (χ1v) is 8.34. The summed E-state index contributed by atoms with van der Waals surface area (Å²) in [5.41, 5.74) is 0.361. The second-order valence-electron chi connectivity index (χ2n) is 6.24. The minimum absolute atomic E-state index is 0.361. The maximum absolute atomic E-state index is 3.72. The maximum Gasteiger partial charge on any atom is 0.0243 e. The largest absolute Gasteiger partial charge is 0.312 e. The summed E-state index contributed by atoms with van der Waals surface area (Å²) in [6, 6.07) is 1.38. The van der Waals surface area contributed by atoms with Crippen molar-refractivity contribution in [2.45, 2.75) is 52.6 Å². The van der Waals surface area contributed by atoms with Crippen molar-refractivity contribution in [2.75, 3.05) is 31.6 Å². The molecule has 1 aliphatic rings. The predicted octanol–water partition coefficient (Wildman–Crippen LogP) is 2.84. The van der Waals surface area contributed by atoms with Gasteiger partial charge in [0.1, 0.15) is 0 Å². The zero-order valence-corrected chi connectivity index (χ0v) is 13.1. The van der Waals surface area contributed by atoms with Gasteiger partial charge in [-0.25, -0.2) is 0 Å². The Morgan fingerprint density at radius 1 is 1.41 bits per heavy atom. The Hall–Kier alpha value is 0.270. The Morgan fingerprint density at radius 3 is 2.65 bits per heavy atom. The van der Waals surface area contributed by atoms with E-state index in [0.717, 1.165) is 6.04 Å². The lowest BCUT2D eigenvalue weighted by Gasteiger charge is -2.37. The molecule has 102 valence electrons. The van der Waals surface area contributed by atoms with E-state index in [1.54, 1.807) is 0 Å². The molecule has 3 heteroatoms. The molecule has 0 aliphatic carbocycles. The SMILES string of the molecule is CCC(CSC)N1CCCNC(C(C)(C)C)C1. The molecular weight excluding hydrogens is 228 g/mol. The highest BCUT2D eigenvalue weighted by Crippen LogP contribution is 2.23. The van der Waals surface area contributed by atoms with Crippen molar-refractivity contribution < 1.29 is 0 Å². The number of hydrogen-bond acceptors (Lipinski definition) is 3. The molecule has 1 fully saturated rings. The fourth-order valence-electron chi connectivity index (χ4n) is 2.53. The van der Waals surface area contributed by atoms with Crippen LogP contribution >= 0.6 is 11.8 Å². The zero-order chi connectivity index (χ0) is 12.9. The van der Waals surface area contributed by atoms with Gasteiger partial charge in [-0.1, -0.05) is 27.7 Å². The normalized spacial score (nSPS) is 25.6. The Labute approximate surface area is 112 Å². The van der Waals surface area contributed by atoms with Gasteiger partial charge in [0.15, 0.2) is 0 Å². The first kappa shape index (κ1) is 15.3. The van der Waals surface area contributed by atoms with Crippen LogP contribution < -0.4 is 5.32 Å². The van der Waals surface area contributed by atoms with Crippen molar-refractivity contribution in [1.29, 1.82) is 0 Å². The highest BCUT2D eigenvalue weighted by atomic mass is 32.2. The third-order valence-electron chi connectivity index (χ3n) is 3.82. The lowest BCUT2D eigenvalue weighted by atomic mass is 9.86. The van der Waals surface area contributed by atoms with Crippen molar-refractivity contribution >= 4 is 11.8 Å². The molecular formula is C14H30N2S.